The normalized spacial score (nSPS) is 24.3. The van der Waals surface area contributed by atoms with Crippen molar-refractivity contribution in [2.75, 3.05) is 31.6 Å². The number of urea groups is 1. The van der Waals surface area contributed by atoms with Gasteiger partial charge in [-0.15, -0.1) is 0 Å². The third kappa shape index (κ3) is 3.56. The molecule has 0 unspecified atom stereocenters. The van der Waals surface area contributed by atoms with Crippen LogP contribution >= 0.6 is 0 Å². The number of nitrogens with one attached hydrogen (secondary N) is 2. The number of ether oxygens (including phenoxy) is 1. The van der Waals surface area contributed by atoms with Crippen molar-refractivity contribution in [3.63, 3.8) is 0 Å². The highest BCUT2D eigenvalue weighted by Gasteiger charge is 2.32. The van der Waals surface area contributed by atoms with Crippen molar-refractivity contribution in [1.82, 2.24) is 10.2 Å². The van der Waals surface area contributed by atoms with Gasteiger partial charge in [-0.05, 0) is 43.7 Å². The van der Waals surface area contributed by atoms with E-state index in [9.17, 15) is 4.79 Å². The summed E-state index contributed by atoms with van der Waals surface area (Å²) < 4.78 is 5.80. The fourth-order valence-electron chi connectivity index (χ4n) is 3.02. The Bertz CT molecular complexity index is 567. The van der Waals surface area contributed by atoms with Gasteiger partial charge in [0.05, 0.1) is 24.3 Å². The molecule has 2 amide bonds. The van der Waals surface area contributed by atoms with Crippen LogP contribution in [0.2, 0.25) is 0 Å². The van der Waals surface area contributed by atoms with Crippen LogP contribution in [0.25, 0.3) is 0 Å². The summed E-state index contributed by atoms with van der Waals surface area (Å²) in [5.74, 6) is 0. The molecule has 3 rings (SSSR count). The first kappa shape index (κ1) is 14.8. The van der Waals surface area contributed by atoms with Crippen LogP contribution in [-0.2, 0) is 4.74 Å². The van der Waals surface area contributed by atoms with Crippen molar-refractivity contribution in [1.29, 1.82) is 5.26 Å². The van der Waals surface area contributed by atoms with E-state index in [1.54, 1.807) is 24.3 Å². The summed E-state index contributed by atoms with van der Waals surface area (Å²) in [6.07, 6.45) is 2.52. The van der Waals surface area contributed by atoms with Crippen LogP contribution in [0.15, 0.2) is 24.3 Å². The van der Waals surface area contributed by atoms with Gasteiger partial charge in [-0.25, -0.2) is 4.79 Å². The lowest BCUT2D eigenvalue weighted by Gasteiger charge is -2.35. The minimum atomic E-state index is -0.253. The number of morpholine rings is 1. The van der Waals surface area contributed by atoms with Crippen molar-refractivity contribution in [3.05, 3.63) is 29.8 Å². The molecule has 2 heterocycles. The molecule has 0 aromatic heterocycles. The summed E-state index contributed by atoms with van der Waals surface area (Å²) in [6, 6.07) is 9.14. The molecular formula is C16H20N4O2. The standard InChI is InChI=1S/C16H20N4O2/c17-8-12-3-5-13(6-4-12)19-16(21)18-9-15-10-20-7-1-2-14(20)11-22-15/h3-6,14-15H,1-2,7,9-11H2,(H2,18,19,21)/t14-,15+/m0/s1. The number of hydrogen-bond donors (Lipinski definition) is 2. The lowest BCUT2D eigenvalue weighted by molar-refractivity contribution is -0.0456. The molecule has 0 aliphatic carbocycles. The highest BCUT2D eigenvalue weighted by molar-refractivity contribution is 5.89. The maximum absolute atomic E-state index is 11.9. The zero-order chi connectivity index (χ0) is 15.4. The van der Waals surface area contributed by atoms with Crippen LogP contribution in [0.3, 0.4) is 0 Å². The highest BCUT2D eigenvalue weighted by atomic mass is 16.5. The molecule has 2 N–H and O–H groups in total. The fraction of sp³-hybridized carbons (Fsp3) is 0.500. The fourth-order valence-corrected chi connectivity index (χ4v) is 3.02. The number of nitrogens with zero attached hydrogens (tertiary/aromatic N) is 2. The first-order valence-corrected chi connectivity index (χ1v) is 7.65. The second kappa shape index (κ2) is 6.77. The van der Waals surface area contributed by atoms with E-state index in [1.807, 2.05) is 6.07 Å². The Morgan fingerprint density at radius 1 is 1.41 bits per heavy atom. The van der Waals surface area contributed by atoms with Gasteiger partial charge in [-0.2, -0.15) is 5.26 Å². The van der Waals surface area contributed by atoms with E-state index in [0.29, 0.717) is 23.8 Å². The van der Waals surface area contributed by atoms with Crippen molar-refractivity contribution in [2.45, 2.75) is 25.0 Å². The largest absolute Gasteiger partial charge is 0.373 e. The molecule has 1 aromatic carbocycles. The maximum atomic E-state index is 11.9. The Morgan fingerprint density at radius 3 is 3.00 bits per heavy atom. The Hall–Kier alpha value is -2.10. The van der Waals surface area contributed by atoms with E-state index in [1.165, 1.54) is 12.8 Å². The molecule has 1 aromatic rings. The summed E-state index contributed by atoms with van der Waals surface area (Å²) in [6.45, 7) is 3.30. The van der Waals surface area contributed by atoms with Gasteiger partial charge in [0.2, 0.25) is 0 Å². The van der Waals surface area contributed by atoms with Crippen molar-refractivity contribution in [2.24, 2.45) is 0 Å². The van der Waals surface area contributed by atoms with Crippen molar-refractivity contribution in [3.8, 4) is 6.07 Å². The molecule has 2 aliphatic heterocycles. The van der Waals surface area contributed by atoms with E-state index in [4.69, 9.17) is 10.00 Å². The SMILES string of the molecule is N#Cc1ccc(NC(=O)NC[C@@H]2CN3CCC[C@H]3CO2)cc1. The summed E-state index contributed by atoms with van der Waals surface area (Å²) in [5.41, 5.74) is 1.24. The van der Waals surface area contributed by atoms with Crippen LogP contribution in [0, 0.1) is 11.3 Å². The highest BCUT2D eigenvalue weighted by Crippen LogP contribution is 2.22. The number of amides is 2. The number of hydrogen-bond acceptors (Lipinski definition) is 4. The molecule has 0 bridgehead atoms. The summed E-state index contributed by atoms with van der Waals surface area (Å²) in [4.78, 5) is 14.3. The number of anilines is 1. The average Bonchev–Trinajstić information content (AvgIpc) is 3.01. The van der Waals surface area contributed by atoms with Crippen LogP contribution in [0.1, 0.15) is 18.4 Å². The first-order valence-electron chi connectivity index (χ1n) is 7.65. The topological polar surface area (TPSA) is 77.4 Å². The van der Waals surface area contributed by atoms with Crippen LogP contribution in [0.4, 0.5) is 10.5 Å². The van der Waals surface area contributed by atoms with Gasteiger partial charge in [0.15, 0.2) is 0 Å². The van der Waals surface area contributed by atoms with Crippen LogP contribution in [0.5, 0.6) is 0 Å². The molecule has 0 radical (unpaired) electrons. The van der Waals surface area contributed by atoms with Gasteiger partial charge < -0.3 is 15.4 Å². The predicted octanol–water partition coefficient (Wildman–Crippen LogP) is 1.54. The summed E-state index contributed by atoms with van der Waals surface area (Å²) in [5, 5.41) is 14.3. The molecular weight excluding hydrogens is 280 g/mol. The van der Waals surface area contributed by atoms with E-state index in [2.05, 4.69) is 15.5 Å². The smallest absolute Gasteiger partial charge is 0.319 e. The second-order valence-corrected chi connectivity index (χ2v) is 5.77. The zero-order valence-corrected chi connectivity index (χ0v) is 12.4. The maximum Gasteiger partial charge on any atom is 0.319 e. The number of carbonyl (C=O) groups excluding carboxylic acids is 1. The number of fused-ring (bicyclic) bond motifs is 1. The van der Waals surface area contributed by atoms with Crippen LogP contribution in [-0.4, -0.2) is 49.3 Å². The van der Waals surface area contributed by atoms with Crippen LogP contribution < -0.4 is 10.6 Å². The van der Waals surface area contributed by atoms with Crippen molar-refractivity contribution < 1.29 is 9.53 Å². The van der Waals surface area contributed by atoms with Crippen molar-refractivity contribution >= 4 is 11.7 Å². The van der Waals surface area contributed by atoms with E-state index in [0.717, 1.165) is 19.7 Å². The van der Waals surface area contributed by atoms with Gasteiger partial charge in [-0.3, -0.25) is 4.90 Å². The van der Waals surface area contributed by atoms with E-state index < -0.39 is 0 Å². The minimum absolute atomic E-state index is 0.0565. The Kier molecular flexibility index (Phi) is 4.56. The molecule has 6 heteroatoms. The lowest BCUT2D eigenvalue weighted by atomic mass is 10.2. The molecule has 6 nitrogen and oxygen atoms in total. The van der Waals surface area contributed by atoms with Gasteiger partial charge in [-0.1, -0.05) is 0 Å². The minimum Gasteiger partial charge on any atom is -0.373 e. The Balaban J connectivity index is 1.43. The first-order chi connectivity index (χ1) is 10.7. The molecule has 2 saturated heterocycles. The van der Waals surface area contributed by atoms with Gasteiger partial charge >= 0.3 is 6.03 Å². The molecule has 116 valence electrons. The third-order valence-corrected chi connectivity index (χ3v) is 4.22. The van der Waals surface area contributed by atoms with E-state index in [-0.39, 0.29) is 12.1 Å². The van der Waals surface area contributed by atoms with Gasteiger partial charge in [0, 0.05) is 24.8 Å². The van der Waals surface area contributed by atoms with Gasteiger partial charge in [0.25, 0.3) is 0 Å². The number of benzene rings is 1. The van der Waals surface area contributed by atoms with Gasteiger partial charge in [0.1, 0.15) is 0 Å². The quantitative estimate of drug-likeness (QED) is 0.887. The number of nitriles is 1. The average molecular weight is 300 g/mol. The number of rotatable bonds is 3. The third-order valence-electron chi connectivity index (χ3n) is 4.22. The second-order valence-electron chi connectivity index (χ2n) is 5.77. The molecule has 0 saturated carbocycles. The van der Waals surface area contributed by atoms with E-state index >= 15 is 0 Å². The summed E-state index contributed by atoms with van der Waals surface area (Å²) >= 11 is 0. The lowest BCUT2D eigenvalue weighted by Crippen LogP contribution is -2.50. The predicted molar refractivity (Wildman–Crippen MR) is 82.5 cm³/mol. The molecule has 0 spiro atoms. The Labute approximate surface area is 130 Å². The molecule has 2 fully saturated rings. The summed E-state index contributed by atoms with van der Waals surface area (Å²) in [7, 11) is 0. The Morgan fingerprint density at radius 2 is 2.23 bits per heavy atom. The molecule has 2 atom stereocenters. The molecule has 2 aliphatic rings. The number of carbonyl (C=O) groups is 1. The monoisotopic (exact) mass is 300 g/mol. The zero-order valence-electron chi connectivity index (χ0n) is 12.4. The molecule has 22 heavy (non-hydrogen) atoms.